The van der Waals surface area contributed by atoms with Crippen LogP contribution < -0.4 is 10.6 Å². The van der Waals surface area contributed by atoms with Crippen molar-refractivity contribution in [2.75, 3.05) is 18.5 Å². The Morgan fingerprint density at radius 1 is 1.13 bits per heavy atom. The number of carbonyl (C=O) groups excluding carboxylic acids is 1. The largest absolute Gasteiger partial charge is 0.381 e. The Bertz CT molecular complexity index is 650. The van der Waals surface area contributed by atoms with E-state index in [-0.39, 0.29) is 6.03 Å². The maximum absolute atomic E-state index is 11.9. The number of halogens is 1. The summed E-state index contributed by atoms with van der Waals surface area (Å²) in [5.74, 6) is 0.475. The van der Waals surface area contributed by atoms with Crippen LogP contribution in [0.2, 0.25) is 5.02 Å². The predicted molar refractivity (Wildman–Crippen MR) is 91.9 cm³/mol. The molecule has 2 amide bonds. The Kier molecular flexibility index (Phi) is 5.16. The van der Waals surface area contributed by atoms with Crippen LogP contribution in [-0.2, 0) is 11.3 Å². The summed E-state index contributed by atoms with van der Waals surface area (Å²) in [5, 5.41) is 6.34. The lowest BCUT2D eigenvalue weighted by Crippen LogP contribution is -2.28. The average molecular weight is 331 g/mol. The van der Waals surface area contributed by atoms with Gasteiger partial charge in [0.2, 0.25) is 0 Å². The van der Waals surface area contributed by atoms with Gasteiger partial charge in [0.05, 0.1) is 6.61 Å². The standard InChI is InChI=1S/C18H19ClN2O2/c19-16-5-1-13(2-6-16)11-20-18(22)21-17-7-3-14(4-8-17)15-9-10-23-12-15/h1-8,15H,9-12H2,(H2,20,21,22). The van der Waals surface area contributed by atoms with Crippen molar-refractivity contribution in [3.05, 3.63) is 64.7 Å². The summed E-state index contributed by atoms with van der Waals surface area (Å²) < 4.78 is 5.40. The Balaban J connectivity index is 1.50. The molecule has 1 fully saturated rings. The molecule has 23 heavy (non-hydrogen) atoms. The van der Waals surface area contributed by atoms with Gasteiger partial charge in [-0.3, -0.25) is 0 Å². The van der Waals surface area contributed by atoms with Crippen LogP contribution in [0, 0.1) is 0 Å². The van der Waals surface area contributed by atoms with Crippen LogP contribution in [0.5, 0.6) is 0 Å². The van der Waals surface area contributed by atoms with Crippen molar-refractivity contribution in [3.63, 3.8) is 0 Å². The minimum absolute atomic E-state index is 0.225. The highest BCUT2D eigenvalue weighted by Gasteiger charge is 2.17. The van der Waals surface area contributed by atoms with Crippen LogP contribution in [-0.4, -0.2) is 19.2 Å². The SMILES string of the molecule is O=C(NCc1ccc(Cl)cc1)Nc1ccc(C2CCOC2)cc1. The smallest absolute Gasteiger partial charge is 0.319 e. The van der Waals surface area contributed by atoms with E-state index in [1.807, 2.05) is 48.5 Å². The zero-order chi connectivity index (χ0) is 16.1. The van der Waals surface area contributed by atoms with E-state index in [1.54, 1.807) is 0 Å². The maximum Gasteiger partial charge on any atom is 0.319 e. The quantitative estimate of drug-likeness (QED) is 0.884. The Morgan fingerprint density at radius 2 is 1.87 bits per heavy atom. The van der Waals surface area contributed by atoms with Gasteiger partial charge in [-0.15, -0.1) is 0 Å². The lowest BCUT2D eigenvalue weighted by Gasteiger charge is -2.11. The van der Waals surface area contributed by atoms with Crippen LogP contribution in [0.25, 0.3) is 0 Å². The average Bonchev–Trinajstić information content (AvgIpc) is 3.09. The van der Waals surface area contributed by atoms with Gasteiger partial charge in [0.25, 0.3) is 0 Å². The molecular formula is C18H19ClN2O2. The molecule has 4 nitrogen and oxygen atoms in total. The van der Waals surface area contributed by atoms with Crippen LogP contribution in [0.15, 0.2) is 48.5 Å². The van der Waals surface area contributed by atoms with Crippen molar-refractivity contribution in [2.45, 2.75) is 18.9 Å². The number of carbonyl (C=O) groups is 1. The van der Waals surface area contributed by atoms with Crippen molar-refractivity contribution in [3.8, 4) is 0 Å². The molecule has 1 aliphatic heterocycles. The molecule has 2 N–H and O–H groups in total. The van der Waals surface area contributed by atoms with Gasteiger partial charge in [0.15, 0.2) is 0 Å². The summed E-state index contributed by atoms with van der Waals surface area (Å²) >= 11 is 5.83. The molecule has 1 heterocycles. The predicted octanol–water partition coefficient (Wildman–Crippen LogP) is 4.17. The van der Waals surface area contributed by atoms with Crippen molar-refractivity contribution < 1.29 is 9.53 Å². The second-order valence-electron chi connectivity index (χ2n) is 5.62. The second-order valence-corrected chi connectivity index (χ2v) is 6.05. The number of anilines is 1. The fourth-order valence-corrected chi connectivity index (χ4v) is 2.72. The Morgan fingerprint density at radius 3 is 2.52 bits per heavy atom. The second kappa shape index (κ2) is 7.49. The molecule has 0 spiro atoms. The molecule has 0 aliphatic carbocycles. The van der Waals surface area contributed by atoms with Crippen LogP contribution in [0.1, 0.15) is 23.5 Å². The van der Waals surface area contributed by atoms with E-state index in [0.717, 1.165) is 30.9 Å². The van der Waals surface area contributed by atoms with E-state index in [0.29, 0.717) is 17.5 Å². The highest BCUT2D eigenvalue weighted by Crippen LogP contribution is 2.26. The third kappa shape index (κ3) is 4.47. The summed E-state index contributed by atoms with van der Waals surface area (Å²) in [7, 11) is 0. The molecular weight excluding hydrogens is 312 g/mol. The number of rotatable bonds is 4. The first-order valence-corrected chi connectivity index (χ1v) is 8.05. The van der Waals surface area contributed by atoms with E-state index in [1.165, 1.54) is 5.56 Å². The first-order valence-electron chi connectivity index (χ1n) is 7.68. The summed E-state index contributed by atoms with van der Waals surface area (Å²) in [4.78, 5) is 11.9. The van der Waals surface area contributed by atoms with E-state index in [2.05, 4.69) is 10.6 Å². The fourth-order valence-electron chi connectivity index (χ4n) is 2.60. The lowest BCUT2D eigenvalue weighted by atomic mass is 9.98. The highest BCUT2D eigenvalue weighted by atomic mass is 35.5. The van der Waals surface area contributed by atoms with Crippen LogP contribution >= 0.6 is 11.6 Å². The van der Waals surface area contributed by atoms with Crippen molar-refractivity contribution in [2.24, 2.45) is 0 Å². The first-order chi connectivity index (χ1) is 11.2. The molecule has 1 aliphatic rings. The van der Waals surface area contributed by atoms with E-state index in [4.69, 9.17) is 16.3 Å². The van der Waals surface area contributed by atoms with Gasteiger partial charge in [-0.2, -0.15) is 0 Å². The molecule has 0 saturated carbocycles. The molecule has 5 heteroatoms. The van der Waals surface area contributed by atoms with Gasteiger partial charge >= 0.3 is 6.03 Å². The van der Waals surface area contributed by atoms with Crippen LogP contribution in [0.4, 0.5) is 10.5 Å². The lowest BCUT2D eigenvalue weighted by molar-refractivity contribution is 0.194. The van der Waals surface area contributed by atoms with E-state index in [9.17, 15) is 4.79 Å². The number of ether oxygens (including phenoxy) is 1. The number of amides is 2. The number of urea groups is 1. The molecule has 0 radical (unpaired) electrons. The zero-order valence-electron chi connectivity index (χ0n) is 12.7. The molecule has 1 unspecified atom stereocenters. The van der Waals surface area contributed by atoms with Gasteiger partial charge in [-0.1, -0.05) is 35.9 Å². The normalized spacial score (nSPS) is 17.0. The minimum atomic E-state index is -0.225. The molecule has 3 rings (SSSR count). The van der Waals surface area contributed by atoms with E-state index < -0.39 is 0 Å². The molecule has 2 aromatic rings. The molecule has 1 atom stereocenters. The molecule has 1 saturated heterocycles. The fraction of sp³-hybridized carbons (Fsp3) is 0.278. The monoisotopic (exact) mass is 330 g/mol. The summed E-state index contributed by atoms with van der Waals surface area (Å²) in [6.07, 6.45) is 1.06. The van der Waals surface area contributed by atoms with Gasteiger partial charge in [-0.05, 0) is 41.8 Å². The van der Waals surface area contributed by atoms with Gasteiger partial charge < -0.3 is 15.4 Å². The Labute approximate surface area is 140 Å². The summed E-state index contributed by atoms with van der Waals surface area (Å²) in [5.41, 5.74) is 3.04. The highest BCUT2D eigenvalue weighted by molar-refractivity contribution is 6.30. The first kappa shape index (κ1) is 15.8. The van der Waals surface area contributed by atoms with Gasteiger partial charge in [-0.25, -0.2) is 4.79 Å². The van der Waals surface area contributed by atoms with Gasteiger partial charge in [0, 0.05) is 29.8 Å². The summed E-state index contributed by atoms with van der Waals surface area (Å²) in [6.45, 7) is 2.08. The number of hydrogen-bond donors (Lipinski definition) is 2. The maximum atomic E-state index is 11.9. The topological polar surface area (TPSA) is 50.4 Å². The number of benzene rings is 2. The van der Waals surface area contributed by atoms with E-state index >= 15 is 0 Å². The molecule has 2 aromatic carbocycles. The minimum Gasteiger partial charge on any atom is -0.381 e. The third-order valence-corrected chi connectivity index (χ3v) is 4.19. The van der Waals surface area contributed by atoms with Crippen molar-refractivity contribution in [1.82, 2.24) is 5.32 Å². The van der Waals surface area contributed by atoms with Crippen molar-refractivity contribution in [1.29, 1.82) is 0 Å². The zero-order valence-corrected chi connectivity index (χ0v) is 13.5. The third-order valence-electron chi connectivity index (χ3n) is 3.94. The van der Waals surface area contributed by atoms with Gasteiger partial charge in [0.1, 0.15) is 0 Å². The molecule has 0 bridgehead atoms. The van der Waals surface area contributed by atoms with Crippen molar-refractivity contribution >= 4 is 23.3 Å². The molecule has 0 aromatic heterocycles. The Hall–Kier alpha value is -2.04. The number of hydrogen-bond acceptors (Lipinski definition) is 2. The number of nitrogens with one attached hydrogen (secondary N) is 2. The molecule has 120 valence electrons. The van der Waals surface area contributed by atoms with Crippen LogP contribution in [0.3, 0.4) is 0 Å². The summed E-state index contributed by atoms with van der Waals surface area (Å²) in [6, 6.07) is 15.1.